The molecule has 0 aliphatic carbocycles. The number of aryl methyl sites for hydroxylation is 2. The summed E-state index contributed by atoms with van der Waals surface area (Å²) in [5, 5.41) is 11.4. The van der Waals surface area contributed by atoms with Crippen molar-refractivity contribution in [1.29, 1.82) is 0 Å². The van der Waals surface area contributed by atoms with Gasteiger partial charge in [-0.25, -0.2) is 4.98 Å². The standard InChI is InChI=1S/C28H27ClN6O/c1-17-6-5-9-19(14-17)10-13-24(36)31-23(15-18-7-3-2-4-8-18)28-32-25(26(29)33-28)20-11-12-21-22(16-20)34-35-27(21)30/h2-9,11-12,14,16,23H,10,13,15H2,1H3,(H,31,36)(H,32,33)(H3,30,34,35). The van der Waals surface area contributed by atoms with E-state index in [1.54, 1.807) is 0 Å². The van der Waals surface area contributed by atoms with Crippen molar-refractivity contribution in [2.24, 2.45) is 0 Å². The summed E-state index contributed by atoms with van der Waals surface area (Å²) in [7, 11) is 0. The molecule has 0 radical (unpaired) electrons. The van der Waals surface area contributed by atoms with E-state index >= 15 is 0 Å². The number of aromatic amines is 2. The van der Waals surface area contributed by atoms with Gasteiger partial charge in [0.05, 0.1) is 11.6 Å². The van der Waals surface area contributed by atoms with Crippen molar-refractivity contribution >= 4 is 34.2 Å². The number of nitrogens with two attached hydrogens (primary N) is 1. The van der Waals surface area contributed by atoms with Crippen molar-refractivity contribution < 1.29 is 4.79 Å². The second-order valence-corrected chi connectivity index (χ2v) is 9.33. The summed E-state index contributed by atoms with van der Waals surface area (Å²) in [5.41, 5.74) is 11.5. The van der Waals surface area contributed by atoms with Crippen LogP contribution >= 0.6 is 11.6 Å². The number of rotatable bonds is 8. The Morgan fingerprint density at radius 3 is 2.67 bits per heavy atom. The second-order valence-electron chi connectivity index (χ2n) is 8.95. The first-order valence-electron chi connectivity index (χ1n) is 11.8. The van der Waals surface area contributed by atoms with E-state index in [-0.39, 0.29) is 11.9 Å². The Morgan fingerprint density at radius 2 is 1.86 bits per heavy atom. The molecule has 0 fully saturated rings. The van der Waals surface area contributed by atoms with Crippen LogP contribution in [-0.2, 0) is 17.6 Å². The van der Waals surface area contributed by atoms with Crippen LogP contribution in [0.2, 0.25) is 5.15 Å². The number of anilines is 1. The molecule has 1 unspecified atom stereocenters. The van der Waals surface area contributed by atoms with Crippen LogP contribution in [0.25, 0.3) is 22.2 Å². The van der Waals surface area contributed by atoms with E-state index < -0.39 is 0 Å². The quantitative estimate of drug-likeness (QED) is 0.225. The minimum Gasteiger partial charge on any atom is -0.382 e. The Bertz CT molecular complexity index is 1510. The summed E-state index contributed by atoms with van der Waals surface area (Å²) < 4.78 is 0. The average Bonchev–Trinajstić information content (AvgIpc) is 3.45. The van der Waals surface area contributed by atoms with Crippen molar-refractivity contribution in [1.82, 2.24) is 25.5 Å². The number of imidazole rings is 1. The second kappa shape index (κ2) is 10.3. The maximum Gasteiger partial charge on any atom is 0.220 e. The number of fused-ring (bicyclic) bond motifs is 1. The number of nitrogen functional groups attached to an aromatic ring is 1. The van der Waals surface area contributed by atoms with Crippen LogP contribution in [0, 0.1) is 6.92 Å². The third-order valence-corrected chi connectivity index (χ3v) is 6.49. The molecule has 36 heavy (non-hydrogen) atoms. The molecule has 2 heterocycles. The minimum atomic E-state index is -0.366. The van der Waals surface area contributed by atoms with Crippen LogP contribution in [0.5, 0.6) is 0 Å². The molecule has 182 valence electrons. The van der Waals surface area contributed by atoms with Crippen LogP contribution in [0.1, 0.15) is 35.0 Å². The Hall–Kier alpha value is -4.10. The Morgan fingerprint density at radius 1 is 1.06 bits per heavy atom. The maximum atomic E-state index is 13.0. The van der Waals surface area contributed by atoms with Gasteiger partial charge in [-0.3, -0.25) is 9.89 Å². The summed E-state index contributed by atoms with van der Waals surface area (Å²) >= 11 is 6.59. The van der Waals surface area contributed by atoms with Gasteiger partial charge in [-0.15, -0.1) is 0 Å². The van der Waals surface area contributed by atoms with Crippen LogP contribution in [0.3, 0.4) is 0 Å². The molecule has 3 aromatic carbocycles. The van der Waals surface area contributed by atoms with Gasteiger partial charge >= 0.3 is 0 Å². The number of nitrogens with one attached hydrogen (secondary N) is 3. The normalized spacial score (nSPS) is 12.1. The van der Waals surface area contributed by atoms with Crippen LogP contribution in [0.4, 0.5) is 5.82 Å². The molecular weight excluding hydrogens is 472 g/mol. The topological polar surface area (TPSA) is 112 Å². The number of hydrogen-bond donors (Lipinski definition) is 4. The summed E-state index contributed by atoms with van der Waals surface area (Å²) in [4.78, 5) is 21.0. The van der Waals surface area contributed by atoms with Gasteiger partial charge in [0.1, 0.15) is 16.7 Å². The van der Waals surface area contributed by atoms with Crippen LogP contribution < -0.4 is 11.1 Å². The number of aromatic nitrogens is 4. The number of carbonyl (C=O) groups excluding carboxylic acids is 1. The molecule has 5 rings (SSSR count). The van der Waals surface area contributed by atoms with Crippen molar-refractivity contribution in [2.45, 2.75) is 32.2 Å². The number of carbonyl (C=O) groups is 1. The fourth-order valence-electron chi connectivity index (χ4n) is 4.37. The van der Waals surface area contributed by atoms with Gasteiger partial charge in [0.25, 0.3) is 0 Å². The van der Waals surface area contributed by atoms with E-state index in [9.17, 15) is 4.79 Å². The smallest absolute Gasteiger partial charge is 0.220 e. The van der Waals surface area contributed by atoms with Gasteiger partial charge < -0.3 is 16.0 Å². The lowest BCUT2D eigenvalue weighted by Crippen LogP contribution is -2.31. The lowest BCUT2D eigenvalue weighted by atomic mass is 10.0. The summed E-state index contributed by atoms with van der Waals surface area (Å²) in [6, 6.07) is 23.6. The molecule has 0 aliphatic rings. The van der Waals surface area contributed by atoms with Gasteiger partial charge in [0, 0.05) is 17.4 Å². The first-order valence-corrected chi connectivity index (χ1v) is 12.2. The third kappa shape index (κ3) is 5.26. The molecule has 2 aromatic heterocycles. The zero-order valence-corrected chi connectivity index (χ0v) is 20.6. The van der Waals surface area contributed by atoms with E-state index in [2.05, 4.69) is 39.6 Å². The number of halogens is 1. The molecule has 0 saturated heterocycles. The number of hydrogen-bond acceptors (Lipinski definition) is 4. The Labute approximate surface area is 214 Å². The molecule has 0 saturated carbocycles. The van der Waals surface area contributed by atoms with E-state index in [4.69, 9.17) is 22.3 Å². The van der Waals surface area contributed by atoms with Gasteiger partial charge in [-0.1, -0.05) is 77.8 Å². The molecule has 0 aliphatic heterocycles. The predicted molar refractivity (Wildman–Crippen MR) is 144 cm³/mol. The highest BCUT2D eigenvalue weighted by Crippen LogP contribution is 2.31. The Kier molecular flexibility index (Phi) is 6.73. The number of H-pyrrole nitrogens is 2. The van der Waals surface area contributed by atoms with Gasteiger partial charge in [0.15, 0.2) is 5.82 Å². The van der Waals surface area contributed by atoms with Crippen LogP contribution in [0.15, 0.2) is 72.8 Å². The molecule has 5 aromatic rings. The number of amides is 1. The molecule has 0 spiro atoms. The number of nitrogens with zero attached hydrogens (tertiary/aromatic N) is 2. The molecule has 1 amide bonds. The first-order chi connectivity index (χ1) is 17.5. The third-order valence-electron chi connectivity index (χ3n) is 6.21. The largest absolute Gasteiger partial charge is 0.382 e. The SMILES string of the molecule is Cc1cccc(CCC(=O)NC(Cc2ccccc2)c2nc(-c3ccc4c(N)n[nH]c4c3)c(Cl)[nH]2)c1. The molecule has 8 heteroatoms. The first kappa shape index (κ1) is 23.6. The fraction of sp³-hybridized carbons (Fsp3) is 0.179. The van der Waals surface area contributed by atoms with Gasteiger partial charge in [0.2, 0.25) is 5.91 Å². The molecular formula is C28H27ClN6O. The lowest BCUT2D eigenvalue weighted by molar-refractivity contribution is -0.121. The predicted octanol–water partition coefficient (Wildman–Crippen LogP) is 5.53. The molecule has 1 atom stereocenters. The minimum absolute atomic E-state index is 0.0409. The van der Waals surface area contributed by atoms with Crippen molar-refractivity contribution in [2.75, 3.05) is 5.73 Å². The van der Waals surface area contributed by atoms with Gasteiger partial charge in [-0.2, -0.15) is 5.10 Å². The highest BCUT2D eigenvalue weighted by Gasteiger charge is 2.22. The average molecular weight is 499 g/mol. The maximum absolute atomic E-state index is 13.0. The van der Waals surface area contributed by atoms with Crippen molar-refractivity contribution in [3.8, 4) is 11.3 Å². The zero-order chi connectivity index (χ0) is 25.1. The zero-order valence-electron chi connectivity index (χ0n) is 19.9. The van der Waals surface area contributed by atoms with Crippen LogP contribution in [-0.4, -0.2) is 26.1 Å². The van der Waals surface area contributed by atoms with E-state index in [1.165, 1.54) is 5.56 Å². The summed E-state index contributed by atoms with van der Waals surface area (Å²) in [6.45, 7) is 2.05. The monoisotopic (exact) mass is 498 g/mol. The fourth-order valence-corrected chi connectivity index (χ4v) is 4.62. The highest BCUT2D eigenvalue weighted by atomic mass is 35.5. The summed E-state index contributed by atoms with van der Waals surface area (Å²) in [6.07, 6.45) is 1.63. The van der Waals surface area contributed by atoms with Gasteiger partial charge in [-0.05, 0) is 43.0 Å². The Balaban J connectivity index is 1.39. The molecule has 5 N–H and O–H groups in total. The van der Waals surface area contributed by atoms with E-state index in [0.29, 0.717) is 41.8 Å². The highest BCUT2D eigenvalue weighted by molar-refractivity contribution is 6.32. The van der Waals surface area contributed by atoms with Crippen molar-refractivity contribution in [3.63, 3.8) is 0 Å². The number of benzene rings is 3. The summed E-state index contributed by atoms with van der Waals surface area (Å²) in [5.74, 6) is 1.01. The van der Waals surface area contributed by atoms with E-state index in [0.717, 1.165) is 27.6 Å². The van der Waals surface area contributed by atoms with E-state index in [1.807, 2.05) is 60.7 Å². The van der Waals surface area contributed by atoms with Crippen molar-refractivity contribution in [3.05, 3.63) is 100 Å². The lowest BCUT2D eigenvalue weighted by Gasteiger charge is -2.17. The molecule has 0 bridgehead atoms. The molecule has 7 nitrogen and oxygen atoms in total.